The number of nitrogens with zero attached hydrogens (tertiary/aromatic N) is 1. The van der Waals surface area contributed by atoms with Gasteiger partial charge in [-0.1, -0.05) is 24.3 Å². The van der Waals surface area contributed by atoms with Crippen LogP contribution < -0.4 is 10.2 Å². The lowest BCUT2D eigenvalue weighted by molar-refractivity contribution is -0.135. The fourth-order valence-electron chi connectivity index (χ4n) is 1.52. The number of carboxylic acid groups (broad SMARTS) is 1. The van der Waals surface area contributed by atoms with Crippen LogP contribution >= 0.6 is 11.8 Å². The van der Waals surface area contributed by atoms with Crippen LogP contribution in [0.1, 0.15) is 0 Å². The Kier molecular flexibility index (Phi) is 7.27. The van der Waals surface area contributed by atoms with Gasteiger partial charge < -0.3 is 10.4 Å². The van der Waals surface area contributed by atoms with Crippen molar-refractivity contribution in [1.29, 1.82) is 0 Å². The summed E-state index contributed by atoms with van der Waals surface area (Å²) >= 11 is 1.65. The van der Waals surface area contributed by atoms with E-state index in [4.69, 9.17) is 5.11 Å². The number of anilines is 1. The minimum absolute atomic E-state index is 0.365. The molecular weight excluding hydrogens is 276 g/mol. The van der Waals surface area contributed by atoms with E-state index in [0.717, 1.165) is 11.5 Å². The van der Waals surface area contributed by atoms with Gasteiger partial charge in [0, 0.05) is 23.7 Å². The molecule has 6 heteroatoms. The summed E-state index contributed by atoms with van der Waals surface area (Å²) in [7, 11) is 0. The van der Waals surface area contributed by atoms with Crippen molar-refractivity contribution in [3.05, 3.63) is 43.0 Å². The first-order valence-electron chi connectivity index (χ1n) is 6.16. The van der Waals surface area contributed by atoms with E-state index in [1.165, 1.54) is 4.90 Å². The van der Waals surface area contributed by atoms with Crippen LogP contribution in [-0.4, -0.2) is 41.7 Å². The van der Waals surface area contributed by atoms with Crippen LogP contribution in [-0.2, 0) is 4.79 Å². The second-order valence-electron chi connectivity index (χ2n) is 3.91. The third-order valence-electron chi connectivity index (χ3n) is 2.36. The quantitative estimate of drug-likeness (QED) is 0.569. The highest BCUT2D eigenvalue weighted by Crippen LogP contribution is 2.13. The van der Waals surface area contributed by atoms with Gasteiger partial charge in [-0.25, -0.2) is 4.79 Å². The molecule has 0 fully saturated rings. The zero-order valence-electron chi connectivity index (χ0n) is 11.1. The third-order valence-corrected chi connectivity index (χ3v) is 3.33. The Morgan fingerprint density at radius 1 is 1.35 bits per heavy atom. The van der Waals surface area contributed by atoms with Gasteiger partial charge in [0.05, 0.1) is 0 Å². The standard InChI is InChI=1S/C14H18N2O3S/c1-2-9-20-10-8-15-14(19)16(11-13(17)18)12-6-4-3-5-7-12/h2-7H,1,8-11H2,(H,15,19)(H,17,18). The van der Waals surface area contributed by atoms with Crippen LogP contribution in [0.4, 0.5) is 10.5 Å². The molecule has 1 rings (SSSR count). The van der Waals surface area contributed by atoms with Gasteiger partial charge in [0.15, 0.2) is 0 Å². The van der Waals surface area contributed by atoms with Gasteiger partial charge in [-0.3, -0.25) is 9.69 Å². The van der Waals surface area contributed by atoms with Crippen molar-refractivity contribution >= 4 is 29.4 Å². The van der Waals surface area contributed by atoms with E-state index in [1.807, 2.05) is 6.07 Å². The molecule has 0 atom stereocenters. The number of hydrogen-bond acceptors (Lipinski definition) is 3. The number of rotatable bonds is 8. The van der Waals surface area contributed by atoms with E-state index in [-0.39, 0.29) is 6.54 Å². The predicted molar refractivity (Wildman–Crippen MR) is 82.3 cm³/mol. The lowest BCUT2D eigenvalue weighted by Crippen LogP contribution is -2.43. The zero-order chi connectivity index (χ0) is 14.8. The summed E-state index contributed by atoms with van der Waals surface area (Å²) in [6.45, 7) is 3.73. The Labute approximate surface area is 122 Å². The number of nitrogens with one attached hydrogen (secondary N) is 1. The average molecular weight is 294 g/mol. The van der Waals surface area contributed by atoms with E-state index in [2.05, 4.69) is 11.9 Å². The van der Waals surface area contributed by atoms with E-state index >= 15 is 0 Å². The Morgan fingerprint density at radius 3 is 2.65 bits per heavy atom. The van der Waals surface area contributed by atoms with Gasteiger partial charge in [-0.2, -0.15) is 11.8 Å². The van der Waals surface area contributed by atoms with Crippen LogP contribution in [0.3, 0.4) is 0 Å². The molecule has 1 aromatic rings. The molecule has 0 aliphatic heterocycles. The summed E-state index contributed by atoms with van der Waals surface area (Å²) in [5.74, 6) is 0.533. The Hall–Kier alpha value is -1.95. The van der Waals surface area contributed by atoms with Gasteiger partial charge >= 0.3 is 12.0 Å². The van der Waals surface area contributed by atoms with Crippen LogP contribution in [0.15, 0.2) is 43.0 Å². The Balaban J connectivity index is 2.57. The van der Waals surface area contributed by atoms with Crippen molar-refractivity contribution in [3.63, 3.8) is 0 Å². The van der Waals surface area contributed by atoms with Gasteiger partial charge in [0.2, 0.25) is 0 Å². The topological polar surface area (TPSA) is 69.6 Å². The van der Waals surface area contributed by atoms with Crippen LogP contribution in [0.5, 0.6) is 0 Å². The molecule has 0 aliphatic rings. The number of hydrogen-bond donors (Lipinski definition) is 2. The summed E-state index contributed by atoms with van der Waals surface area (Å²) in [4.78, 5) is 24.1. The first kappa shape index (κ1) is 16.1. The molecule has 0 saturated heterocycles. The van der Waals surface area contributed by atoms with Crippen LogP contribution in [0, 0.1) is 0 Å². The fourth-order valence-corrected chi connectivity index (χ4v) is 2.10. The number of urea groups is 1. The zero-order valence-corrected chi connectivity index (χ0v) is 11.9. The summed E-state index contributed by atoms with van der Waals surface area (Å²) < 4.78 is 0. The molecule has 20 heavy (non-hydrogen) atoms. The number of para-hydroxylation sites is 1. The lowest BCUT2D eigenvalue weighted by atomic mass is 10.3. The highest BCUT2D eigenvalue weighted by molar-refractivity contribution is 7.99. The van der Waals surface area contributed by atoms with E-state index in [1.54, 1.807) is 42.1 Å². The van der Waals surface area contributed by atoms with Crippen LogP contribution in [0.2, 0.25) is 0 Å². The second kappa shape index (κ2) is 9.03. The Morgan fingerprint density at radius 2 is 2.05 bits per heavy atom. The van der Waals surface area contributed by atoms with Crippen molar-refractivity contribution < 1.29 is 14.7 Å². The van der Waals surface area contributed by atoms with Crippen molar-refractivity contribution in [3.8, 4) is 0 Å². The van der Waals surface area contributed by atoms with Crippen molar-refractivity contribution in [1.82, 2.24) is 5.32 Å². The number of carbonyl (C=O) groups is 2. The SMILES string of the molecule is C=CCSCCNC(=O)N(CC(=O)O)c1ccccc1. The van der Waals surface area contributed by atoms with Crippen molar-refractivity contribution in [2.75, 3.05) is 29.5 Å². The number of aliphatic carboxylic acids is 1. The summed E-state index contributed by atoms with van der Waals surface area (Å²) in [6.07, 6.45) is 1.80. The molecular formula is C14H18N2O3S. The number of carbonyl (C=O) groups excluding carboxylic acids is 1. The molecule has 0 saturated carbocycles. The first-order valence-corrected chi connectivity index (χ1v) is 7.31. The number of thioether (sulfide) groups is 1. The third kappa shape index (κ3) is 5.79. The minimum atomic E-state index is -1.05. The molecule has 108 valence electrons. The molecule has 5 nitrogen and oxygen atoms in total. The van der Waals surface area contributed by atoms with Gasteiger partial charge in [-0.05, 0) is 12.1 Å². The van der Waals surface area contributed by atoms with Gasteiger partial charge in [0.25, 0.3) is 0 Å². The maximum Gasteiger partial charge on any atom is 0.323 e. The highest BCUT2D eigenvalue weighted by Gasteiger charge is 2.17. The van der Waals surface area contributed by atoms with Gasteiger partial charge in [-0.15, -0.1) is 6.58 Å². The minimum Gasteiger partial charge on any atom is -0.480 e. The molecule has 1 aromatic carbocycles. The molecule has 0 unspecified atom stereocenters. The molecule has 0 bridgehead atoms. The predicted octanol–water partition coefficient (Wildman–Crippen LogP) is 2.21. The number of carboxylic acids is 1. The summed E-state index contributed by atoms with van der Waals surface area (Å²) in [5.41, 5.74) is 0.561. The fraction of sp³-hybridized carbons (Fsp3) is 0.286. The molecule has 2 N–H and O–H groups in total. The molecule has 0 heterocycles. The Bertz CT molecular complexity index is 451. The summed E-state index contributed by atoms with van der Waals surface area (Å²) in [6, 6.07) is 8.34. The summed E-state index contributed by atoms with van der Waals surface area (Å²) in [5, 5.41) is 11.6. The van der Waals surface area contributed by atoms with Crippen molar-refractivity contribution in [2.45, 2.75) is 0 Å². The van der Waals surface area contributed by atoms with Crippen LogP contribution in [0.25, 0.3) is 0 Å². The van der Waals surface area contributed by atoms with Crippen molar-refractivity contribution in [2.24, 2.45) is 0 Å². The monoisotopic (exact) mass is 294 g/mol. The van der Waals surface area contributed by atoms with E-state index in [0.29, 0.717) is 12.2 Å². The molecule has 2 amide bonds. The number of benzene rings is 1. The molecule has 0 aromatic heterocycles. The van der Waals surface area contributed by atoms with E-state index in [9.17, 15) is 9.59 Å². The first-order chi connectivity index (χ1) is 9.65. The average Bonchev–Trinajstić information content (AvgIpc) is 2.45. The smallest absolute Gasteiger partial charge is 0.323 e. The maximum atomic E-state index is 12.0. The molecule has 0 aliphatic carbocycles. The maximum absolute atomic E-state index is 12.0. The molecule has 0 radical (unpaired) electrons. The van der Waals surface area contributed by atoms with Gasteiger partial charge in [0.1, 0.15) is 6.54 Å². The van der Waals surface area contributed by atoms with E-state index < -0.39 is 12.0 Å². The highest BCUT2D eigenvalue weighted by atomic mass is 32.2. The molecule has 0 spiro atoms. The normalized spacial score (nSPS) is 9.80. The second-order valence-corrected chi connectivity index (χ2v) is 5.06. The largest absolute Gasteiger partial charge is 0.480 e. The number of amides is 2. The lowest BCUT2D eigenvalue weighted by Gasteiger charge is -2.21.